The van der Waals surface area contributed by atoms with Gasteiger partial charge in [0.25, 0.3) is 5.91 Å². The summed E-state index contributed by atoms with van der Waals surface area (Å²) in [7, 11) is -3.24. The van der Waals surface area contributed by atoms with Crippen LogP contribution in [-0.4, -0.2) is 47.8 Å². The highest BCUT2D eigenvalue weighted by molar-refractivity contribution is 7.88. The fourth-order valence-electron chi connectivity index (χ4n) is 3.02. The van der Waals surface area contributed by atoms with E-state index in [2.05, 4.69) is 20.1 Å². The Morgan fingerprint density at radius 1 is 1.43 bits per heavy atom. The summed E-state index contributed by atoms with van der Waals surface area (Å²) in [6.07, 6.45) is 8.61. The van der Waals surface area contributed by atoms with Gasteiger partial charge in [0, 0.05) is 25.0 Å². The lowest BCUT2D eigenvalue weighted by Crippen LogP contribution is -2.41. The van der Waals surface area contributed by atoms with Crippen molar-refractivity contribution in [3.63, 3.8) is 0 Å². The van der Waals surface area contributed by atoms with Crippen LogP contribution in [0.5, 0.6) is 0 Å². The van der Waals surface area contributed by atoms with Crippen molar-refractivity contribution in [3.05, 3.63) is 30.2 Å². The predicted octanol–water partition coefficient (Wildman–Crippen LogP) is 0.177. The van der Waals surface area contributed by atoms with Crippen LogP contribution in [0.15, 0.2) is 24.7 Å². The molecule has 3 rings (SSSR count). The summed E-state index contributed by atoms with van der Waals surface area (Å²) in [5, 5.41) is 6.95. The molecule has 8 nitrogen and oxygen atoms in total. The van der Waals surface area contributed by atoms with E-state index in [1.54, 1.807) is 23.0 Å². The monoisotopic (exact) mass is 337 g/mol. The first kappa shape index (κ1) is 15.9. The highest BCUT2D eigenvalue weighted by Crippen LogP contribution is 2.25. The van der Waals surface area contributed by atoms with Crippen LogP contribution in [0.25, 0.3) is 5.65 Å². The minimum atomic E-state index is -3.24. The van der Waals surface area contributed by atoms with Crippen LogP contribution in [0, 0.1) is 5.92 Å². The minimum Gasteiger partial charge on any atom is -0.352 e. The van der Waals surface area contributed by atoms with E-state index < -0.39 is 10.0 Å². The molecule has 1 aliphatic carbocycles. The Morgan fingerprint density at radius 3 is 3.04 bits per heavy atom. The van der Waals surface area contributed by atoms with Crippen LogP contribution in [0.2, 0.25) is 0 Å². The fraction of sp³-hybridized carbons (Fsp3) is 0.500. The topological polar surface area (TPSA) is 105 Å². The van der Waals surface area contributed by atoms with E-state index in [-0.39, 0.29) is 17.9 Å². The van der Waals surface area contributed by atoms with Crippen molar-refractivity contribution >= 4 is 21.6 Å². The van der Waals surface area contributed by atoms with Crippen molar-refractivity contribution in [1.82, 2.24) is 24.6 Å². The smallest absolute Gasteiger partial charge is 0.256 e. The third-order valence-corrected chi connectivity index (χ3v) is 4.80. The second-order valence-electron chi connectivity index (χ2n) is 5.84. The molecule has 2 aromatic rings. The van der Waals surface area contributed by atoms with Crippen molar-refractivity contribution in [2.45, 2.75) is 25.3 Å². The van der Waals surface area contributed by atoms with Crippen molar-refractivity contribution in [1.29, 1.82) is 0 Å². The number of amides is 1. The summed E-state index contributed by atoms with van der Waals surface area (Å²) >= 11 is 0. The van der Waals surface area contributed by atoms with Gasteiger partial charge in [0.05, 0.1) is 12.5 Å². The molecule has 0 aromatic carbocycles. The van der Waals surface area contributed by atoms with E-state index in [1.807, 2.05) is 0 Å². The van der Waals surface area contributed by atoms with Crippen LogP contribution < -0.4 is 10.0 Å². The molecule has 2 unspecified atom stereocenters. The van der Waals surface area contributed by atoms with Gasteiger partial charge in [-0.1, -0.05) is 6.42 Å². The molecule has 0 radical (unpaired) electrons. The summed E-state index contributed by atoms with van der Waals surface area (Å²) in [6, 6.07) is 1.62. The van der Waals surface area contributed by atoms with Gasteiger partial charge in [0.2, 0.25) is 10.0 Å². The second-order valence-corrected chi connectivity index (χ2v) is 7.62. The third kappa shape index (κ3) is 3.67. The van der Waals surface area contributed by atoms with E-state index in [1.165, 1.54) is 6.20 Å². The first-order chi connectivity index (χ1) is 10.9. The number of carbonyl (C=O) groups is 1. The highest BCUT2D eigenvalue weighted by atomic mass is 32.2. The summed E-state index contributed by atoms with van der Waals surface area (Å²) in [5.41, 5.74) is 0.915. The summed E-state index contributed by atoms with van der Waals surface area (Å²) < 4.78 is 27.0. The predicted molar refractivity (Wildman–Crippen MR) is 84.4 cm³/mol. The van der Waals surface area contributed by atoms with Crippen LogP contribution in [0.3, 0.4) is 0 Å². The Labute approximate surface area is 134 Å². The van der Waals surface area contributed by atoms with Crippen molar-refractivity contribution in [3.8, 4) is 0 Å². The number of nitrogens with zero attached hydrogens (tertiary/aromatic N) is 3. The zero-order valence-corrected chi connectivity index (χ0v) is 13.6. The highest BCUT2D eigenvalue weighted by Gasteiger charge is 2.29. The maximum atomic E-state index is 12.3. The van der Waals surface area contributed by atoms with E-state index >= 15 is 0 Å². The molecule has 1 amide bonds. The van der Waals surface area contributed by atoms with E-state index in [0.717, 1.165) is 25.5 Å². The van der Waals surface area contributed by atoms with E-state index in [9.17, 15) is 13.2 Å². The molecule has 2 N–H and O–H groups in total. The Balaban J connectivity index is 1.64. The van der Waals surface area contributed by atoms with Crippen molar-refractivity contribution < 1.29 is 13.2 Å². The first-order valence-corrected chi connectivity index (χ1v) is 9.37. The number of aromatic nitrogens is 3. The molecule has 1 saturated carbocycles. The van der Waals surface area contributed by atoms with Gasteiger partial charge in [-0.25, -0.2) is 22.6 Å². The number of nitrogens with one attached hydrogen (secondary N) is 2. The molecule has 23 heavy (non-hydrogen) atoms. The van der Waals surface area contributed by atoms with Gasteiger partial charge in [-0.3, -0.25) is 4.79 Å². The summed E-state index contributed by atoms with van der Waals surface area (Å²) in [6.45, 7) is 0.427. The zero-order chi connectivity index (χ0) is 16.4. The molecule has 124 valence electrons. The summed E-state index contributed by atoms with van der Waals surface area (Å²) in [4.78, 5) is 16.5. The quantitative estimate of drug-likeness (QED) is 0.809. The second kappa shape index (κ2) is 6.25. The Bertz CT molecular complexity index is 817. The molecule has 1 aliphatic rings. The fourth-order valence-corrected chi connectivity index (χ4v) is 3.88. The van der Waals surface area contributed by atoms with Gasteiger partial charge in [-0.05, 0) is 24.8 Å². The van der Waals surface area contributed by atoms with Crippen molar-refractivity contribution in [2.75, 3.05) is 12.8 Å². The maximum Gasteiger partial charge on any atom is 0.256 e. The lowest BCUT2D eigenvalue weighted by atomic mass is 10.0. The SMILES string of the molecule is CS(=O)(=O)NC1CCCC1CNC(=O)c1cnn2cccnc12. The molecular weight excluding hydrogens is 318 g/mol. The average molecular weight is 337 g/mol. The maximum absolute atomic E-state index is 12.3. The number of carbonyl (C=O) groups excluding carboxylic acids is 1. The van der Waals surface area contributed by atoms with Gasteiger partial charge < -0.3 is 5.32 Å². The standard InChI is InChI=1S/C14H19N5O3S/c1-23(21,22)18-12-5-2-4-10(12)8-16-14(20)11-9-17-19-7-3-6-15-13(11)19/h3,6-7,9-10,12,18H,2,4-5,8H2,1H3,(H,16,20). The number of rotatable bonds is 5. The van der Waals surface area contributed by atoms with Gasteiger partial charge >= 0.3 is 0 Å². The molecule has 2 atom stereocenters. The van der Waals surface area contributed by atoms with Crippen LogP contribution in [0.1, 0.15) is 29.6 Å². The number of fused-ring (bicyclic) bond motifs is 1. The number of sulfonamides is 1. The Morgan fingerprint density at radius 2 is 2.26 bits per heavy atom. The molecule has 0 spiro atoms. The van der Waals surface area contributed by atoms with Gasteiger partial charge in [0.15, 0.2) is 5.65 Å². The molecule has 1 fully saturated rings. The van der Waals surface area contributed by atoms with Crippen LogP contribution in [-0.2, 0) is 10.0 Å². The molecule has 9 heteroatoms. The lowest BCUT2D eigenvalue weighted by molar-refractivity contribution is 0.0947. The van der Waals surface area contributed by atoms with Gasteiger partial charge in [0.1, 0.15) is 5.56 Å². The van der Waals surface area contributed by atoms with Gasteiger partial charge in [-0.2, -0.15) is 5.10 Å². The first-order valence-electron chi connectivity index (χ1n) is 7.48. The van der Waals surface area contributed by atoms with E-state index in [0.29, 0.717) is 17.8 Å². The molecule has 2 heterocycles. The van der Waals surface area contributed by atoms with Crippen molar-refractivity contribution in [2.24, 2.45) is 5.92 Å². The molecule has 0 bridgehead atoms. The van der Waals surface area contributed by atoms with Crippen LogP contribution >= 0.6 is 0 Å². The summed E-state index contributed by atoms with van der Waals surface area (Å²) in [5.74, 6) is -0.146. The largest absolute Gasteiger partial charge is 0.352 e. The van der Waals surface area contributed by atoms with E-state index in [4.69, 9.17) is 0 Å². The molecule has 2 aromatic heterocycles. The lowest BCUT2D eigenvalue weighted by Gasteiger charge is -2.20. The van der Waals surface area contributed by atoms with Crippen LogP contribution in [0.4, 0.5) is 0 Å². The Kier molecular flexibility index (Phi) is 4.31. The number of hydrogen-bond acceptors (Lipinski definition) is 5. The molecular formula is C14H19N5O3S. The molecule has 0 saturated heterocycles. The minimum absolute atomic E-state index is 0.100. The normalized spacial score (nSPS) is 21.6. The number of hydrogen-bond donors (Lipinski definition) is 2. The van der Waals surface area contributed by atoms with Gasteiger partial charge in [-0.15, -0.1) is 0 Å². The average Bonchev–Trinajstić information content (AvgIpc) is 3.09. The zero-order valence-electron chi connectivity index (χ0n) is 12.8. The Hall–Kier alpha value is -2.00. The molecule has 0 aliphatic heterocycles. The third-order valence-electron chi connectivity index (χ3n) is 4.07.